The van der Waals surface area contributed by atoms with Gasteiger partial charge in [0.15, 0.2) is 0 Å². The zero-order chi connectivity index (χ0) is 18.3. The Bertz CT molecular complexity index is 735. The molecule has 0 spiro atoms. The molecule has 0 unspecified atom stereocenters. The van der Waals surface area contributed by atoms with Gasteiger partial charge in [-0.05, 0) is 47.2 Å². The van der Waals surface area contributed by atoms with Crippen LogP contribution in [0.2, 0.25) is 0 Å². The lowest BCUT2D eigenvalue weighted by atomic mass is 9.87. The van der Waals surface area contributed by atoms with E-state index in [9.17, 15) is 4.79 Å². The van der Waals surface area contributed by atoms with E-state index in [0.29, 0.717) is 6.54 Å². The predicted octanol–water partition coefficient (Wildman–Crippen LogP) is 4.35. The standard InChI is InChI=1S/C21H24N2O2/c1-21(2,3)17-6-10-19(11-7-17)25-18-8-4-16(5-9-18)13-15-23-20(24)12-14-22/h4-11H,12-13,15H2,1-3H3,(H,23,24). The van der Waals surface area contributed by atoms with E-state index in [1.165, 1.54) is 5.56 Å². The second-order valence-corrected chi connectivity index (χ2v) is 6.96. The average molecular weight is 336 g/mol. The molecule has 0 fully saturated rings. The summed E-state index contributed by atoms with van der Waals surface area (Å²) < 4.78 is 5.87. The second-order valence-electron chi connectivity index (χ2n) is 6.96. The van der Waals surface area contributed by atoms with Crippen LogP contribution >= 0.6 is 0 Å². The molecule has 130 valence electrons. The van der Waals surface area contributed by atoms with Gasteiger partial charge in [0.2, 0.25) is 5.91 Å². The maximum atomic E-state index is 11.2. The van der Waals surface area contributed by atoms with Gasteiger partial charge in [0, 0.05) is 6.54 Å². The third kappa shape index (κ3) is 5.96. The van der Waals surface area contributed by atoms with Crippen LogP contribution in [0.15, 0.2) is 48.5 Å². The first-order valence-corrected chi connectivity index (χ1v) is 8.39. The fraction of sp³-hybridized carbons (Fsp3) is 0.333. The number of hydrogen-bond acceptors (Lipinski definition) is 3. The third-order valence-corrected chi connectivity index (χ3v) is 3.85. The zero-order valence-corrected chi connectivity index (χ0v) is 15.0. The zero-order valence-electron chi connectivity index (χ0n) is 15.0. The quantitative estimate of drug-likeness (QED) is 0.853. The molecule has 0 aliphatic heterocycles. The smallest absolute Gasteiger partial charge is 0.234 e. The number of carbonyl (C=O) groups is 1. The number of nitriles is 1. The molecule has 0 bridgehead atoms. The lowest BCUT2D eigenvalue weighted by Gasteiger charge is -2.19. The number of amides is 1. The van der Waals surface area contributed by atoms with Crippen molar-refractivity contribution in [2.75, 3.05) is 6.54 Å². The van der Waals surface area contributed by atoms with Crippen molar-refractivity contribution in [1.29, 1.82) is 5.26 Å². The van der Waals surface area contributed by atoms with Crippen LogP contribution in [-0.2, 0) is 16.6 Å². The largest absolute Gasteiger partial charge is 0.457 e. The number of ether oxygens (including phenoxy) is 1. The summed E-state index contributed by atoms with van der Waals surface area (Å²) in [5.74, 6) is 1.35. The molecule has 2 aromatic carbocycles. The first-order chi connectivity index (χ1) is 11.9. The van der Waals surface area contributed by atoms with Gasteiger partial charge in [-0.3, -0.25) is 4.79 Å². The van der Waals surface area contributed by atoms with Crippen LogP contribution in [0.1, 0.15) is 38.3 Å². The molecule has 25 heavy (non-hydrogen) atoms. The molecule has 4 nitrogen and oxygen atoms in total. The van der Waals surface area contributed by atoms with Crippen molar-refractivity contribution >= 4 is 5.91 Å². The summed E-state index contributed by atoms with van der Waals surface area (Å²) in [5, 5.41) is 11.1. The Labute approximate surface area is 149 Å². The van der Waals surface area contributed by atoms with Crippen LogP contribution in [0.4, 0.5) is 0 Å². The normalized spacial score (nSPS) is 10.8. The van der Waals surface area contributed by atoms with E-state index in [4.69, 9.17) is 10.00 Å². The van der Waals surface area contributed by atoms with Crippen LogP contribution in [0, 0.1) is 11.3 Å². The lowest BCUT2D eigenvalue weighted by molar-refractivity contribution is -0.120. The predicted molar refractivity (Wildman–Crippen MR) is 98.6 cm³/mol. The van der Waals surface area contributed by atoms with E-state index in [1.807, 2.05) is 42.5 Å². The van der Waals surface area contributed by atoms with Crippen molar-refractivity contribution in [2.24, 2.45) is 0 Å². The first-order valence-electron chi connectivity index (χ1n) is 8.39. The maximum absolute atomic E-state index is 11.2. The number of nitrogens with one attached hydrogen (secondary N) is 1. The number of carbonyl (C=O) groups excluding carboxylic acids is 1. The van der Waals surface area contributed by atoms with Crippen molar-refractivity contribution < 1.29 is 9.53 Å². The number of hydrogen-bond donors (Lipinski definition) is 1. The molecule has 0 aliphatic rings. The summed E-state index contributed by atoms with van der Waals surface area (Å²) in [6.45, 7) is 7.08. The molecule has 4 heteroatoms. The van der Waals surface area contributed by atoms with Gasteiger partial charge in [0.25, 0.3) is 0 Å². The molecule has 0 saturated carbocycles. The van der Waals surface area contributed by atoms with Crippen LogP contribution in [0.25, 0.3) is 0 Å². The minimum absolute atomic E-state index is 0.0964. The highest BCUT2D eigenvalue weighted by molar-refractivity contribution is 5.77. The number of nitrogens with zero attached hydrogens (tertiary/aromatic N) is 1. The van der Waals surface area contributed by atoms with E-state index < -0.39 is 0 Å². The van der Waals surface area contributed by atoms with E-state index in [2.05, 4.69) is 38.2 Å². The topological polar surface area (TPSA) is 62.1 Å². The molecule has 2 aromatic rings. The highest BCUT2D eigenvalue weighted by atomic mass is 16.5. The van der Waals surface area contributed by atoms with Crippen molar-refractivity contribution in [3.05, 3.63) is 59.7 Å². The average Bonchev–Trinajstić information content (AvgIpc) is 2.56. The van der Waals surface area contributed by atoms with Crippen molar-refractivity contribution in [1.82, 2.24) is 5.32 Å². The highest BCUT2D eigenvalue weighted by Gasteiger charge is 2.13. The molecule has 0 radical (unpaired) electrons. The van der Waals surface area contributed by atoms with Crippen LogP contribution < -0.4 is 10.1 Å². The molecule has 1 amide bonds. The minimum Gasteiger partial charge on any atom is -0.457 e. The molecule has 0 saturated heterocycles. The van der Waals surface area contributed by atoms with Gasteiger partial charge < -0.3 is 10.1 Å². The van der Waals surface area contributed by atoms with Gasteiger partial charge in [-0.1, -0.05) is 45.0 Å². The number of benzene rings is 2. The Morgan fingerprint density at radius 1 is 1.04 bits per heavy atom. The summed E-state index contributed by atoms with van der Waals surface area (Å²) in [6, 6.07) is 17.8. The summed E-state index contributed by atoms with van der Waals surface area (Å²) in [5.41, 5.74) is 2.50. The SMILES string of the molecule is CC(C)(C)c1ccc(Oc2ccc(CCNC(=O)CC#N)cc2)cc1. The van der Waals surface area contributed by atoms with Gasteiger partial charge in [-0.2, -0.15) is 5.26 Å². The van der Waals surface area contributed by atoms with Gasteiger partial charge >= 0.3 is 0 Å². The Morgan fingerprint density at radius 3 is 2.12 bits per heavy atom. The summed E-state index contributed by atoms with van der Waals surface area (Å²) in [7, 11) is 0. The van der Waals surface area contributed by atoms with Crippen molar-refractivity contribution in [2.45, 2.75) is 39.0 Å². The first kappa shape index (κ1) is 18.5. The molecular weight excluding hydrogens is 312 g/mol. The molecule has 0 aliphatic carbocycles. The van der Waals surface area contributed by atoms with Crippen molar-refractivity contribution in [3.8, 4) is 17.6 Å². The van der Waals surface area contributed by atoms with Crippen LogP contribution in [0.3, 0.4) is 0 Å². The summed E-state index contributed by atoms with van der Waals surface area (Å²) in [4.78, 5) is 11.2. The highest BCUT2D eigenvalue weighted by Crippen LogP contribution is 2.27. The molecule has 0 atom stereocenters. The molecule has 1 N–H and O–H groups in total. The van der Waals surface area contributed by atoms with Crippen LogP contribution in [-0.4, -0.2) is 12.5 Å². The van der Waals surface area contributed by atoms with E-state index >= 15 is 0 Å². The Kier molecular flexibility index (Phi) is 6.19. The molecule has 0 heterocycles. The molecule has 0 aromatic heterocycles. The van der Waals surface area contributed by atoms with Gasteiger partial charge in [-0.25, -0.2) is 0 Å². The monoisotopic (exact) mass is 336 g/mol. The Balaban J connectivity index is 1.88. The van der Waals surface area contributed by atoms with Gasteiger partial charge in [0.05, 0.1) is 6.07 Å². The van der Waals surface area contributed by atoms with Crippen LogP contribution in [0.5, 0.6) is 11.5 Å². The van der Waals surface area contributed by atoms with Crippen molar-refractivity contribution in [3.63, 3.8) is 0 Å². The minimum atomic E-state index is -0.235. The molecule has 2 rings (SSSR count). The maximum Gasteiger partial charge on any atom is 0.234 e. The molecular formula is C21H24N2O2. The van der Waals surface area contributed by atoms with Gasteiger partial charge in [0.1, 0.15) is 17.9 Å². The Hall–Kier alpha value is -2.80. The summed E-state index contributed by atoms with van der Waals surface area (Å²) >= 11 is 0. The van der Waals surface area contributed by atoms with E-state index in [-0.39, 0.29) is 17.7 Å². The van der Waals surface area contributed by atoms with E-state index in [1.54, 1.807) is 0 Å². The Morgan fingerprint density at radius 2 is 1.60 bits per heavy atom. The lowest BCUT2D eigenvalue weighted by Crippen LogP contribution is -2.24. The fourth-order valence-electron chi connectivity index (χ4n) is 2.36. The van der Waals surface area contributed by atoms with Gasteiger partial charge in [-0.15, -0.1) is 0 Å². The number of rotatable bonds is 6. The fourth-order valence-corrected chi connectivity index (χ4v) is 2.36. The summed E-state index contributed by atoms with van der Waals surface area (Å²) in [6.07, 6.45) is 0.624. The second kappa shape index (κ2) is 8.34. The third-order valence-electron chi connectivity index (χ3n) is 3.85. The van der Waals surface area contributed by atoms with E-state index in [0.717, 1.165) is 23.5 Å².